The van der Waals surface area contributed by atoms with Crippen LogP contribution in [0.4, 0.5) is 0 Å². The first kappa shape index (κ1) is 17.1. The average molecular weight is 354 g/mol. The molecule has 2 aliphatic rings. The fourth-order valence-corrected chi connectivity index (χ4v) is 4.04. The molecule has 1 unspecified atom stereocenters. The number of carbonyl (C=O) groups is 1. The normalized spacial score (nSPS) is 18.9. The first-order chi connectivity index (χ1) is 12.7. The van der Waals surface area contributed by atoms with Crippen molar-refractivity contribution in [3.8, 4) is 17.0 Å². The third-order valence-electron chi connectivity index (χ3n) is 5.42. The SMILES string of the molecule is CCN1CCCC1CNC(=O)Cn1ncc2c1-c1cc(C)ccc1OC2. The predicted molar refractivity (Wildman–Crippen MR) is 100 cm³/mol. The number of amides is 1. The maximum atomic E-state index is 12.5. The van der Waals surface area contributed by atoms with Gasteiger partial charge >= 0.3 is 0 Å². The maximum absolute atomic E-state index is 12.5. The van der Waals surface area contributed by atoms with E-state index in [1.54, 1.807) is 4.68 Å². The quantitative estimate of drug-likeness (QED) is 0.895. The van der Waals surface area contributed by atoms with E-state index in [4.69, 9.17) is 4.74 Å². The fourth-order valence-electron chi connectivity index (χ4n) is 4.04. The molecule has 0 aliphatic carbocycles. The Bertz CT molecular complexity index is 814. The molecule has 1 aromatic heterocycles. The molecule has 0 bridgehead atoms. The summed E-state index contributed by atoms with van der Waals surface area (Å²) in [5.74, 6) is 0.870. The van der Waals surface area contributed by atoms with Crippen molar-refractivity contribution >= 4 is 5.91 Å². The summed E-state index contributed by atoms with van der Waals surface area (Å²) in [6.07, 6.45) is 4.19. The lowest BCUT2D eigenvalue weighted by atomic mass is 10.0. The van der Waals surface area contributed by atoms with Gasteiger partial charge in [0.05, 0.1) is 11.9 Å². The number of nitrogens with one attached hydrogen (secondary N) is 1. The van der Waals surface area contributed by atoms with Crippen molar-refractivity contribution in [3.05, 3.63) is 35.5 Å². The molecule has 2 aromatic rings. The Kier molecular flexibility index (Phi) is 4.68. The summed E-state index contributed by atoms with van der Waals surface area (Å²) >= 11 is 0. The number of nitrogens with zero attached hydrogens (tertiary/aromatic N) is 3. The van der Waals surface area contributed by atoms with Gasteiger partial charge in [-0.3, -0.25) is 14.4 Å². The number of rotatable bonds is 5. The number of likely N-dealkylation sites (tertiary alicyclic amines) is 1. The molecular formula is C20H26N4O2. The van der Waals surface area contributed by atoms with Crippen LogP contribution in [0.15, 0.2) is 24.4 Å². The molecule has 1 atom stereocenters. The van der Waals surface area contributed by atoms with Crippen molar-refractivity contribution in [2.24, 2.45) is 0 Å². The van der Waals surface area contributed by atoms with Crippen molar-refractivity contribution in [2.45, 2.75) is 45.9 Å². The van der Waals surface area contributed by atoms with Crippen LogP contribution in [0.5, 0.6) is 5.75 Å². The van der Waals surface area contributed by atoms with E-state index in [2.05, 4.69) is 35.2 Å². The summed E-state index contributed by atoms with van der Waals surface area (Å²) < 4.78 is 7.61. The number of likely N-dealkylation sites (N-methyl/N-ethyl adjacent to an activating group) is 1. The van der Waals surface area contributed by atoms with Gasteiger partial charge in [0.15, 0.2) is 0 Å². The van der Waals surface area contributed by atoms with Crippen LogP contribution in [0, 0.1) is 6.92 Å². The van der Waals surface area contributed by atoms with Gasteiger partial charge < -0.3 is 10.1 Å². The van der Waals surface area contributed by atoms with E-state index < -0.39 is 0 Å². The van der Waals surface area contributed by atoms with E-state index in [0.29, 0.717) is 12.6 Å². The van der Waals surface area contributed by atoms with Crippen LogP contribution in [-0.2, 0) is 17.9 Å². The first-order valence-corrected chi connectivity index (χ1v) is 9.45. The molecule has 1 saturated heterocycles. The Balaban J connectivity index is 1.47. The van der Waals surface area contributed by atoms with E-state index >= 15 is 0 Å². The van der Waals surface area contributed by atoms with Gasteiger partial charge in [0.25, 0.3) is 0 Å². The molecule has 3 heterocycles. The maximum Gasteiger partial charge on any atom is 0.241 e. The Morgan fingerprint density at radius 2 is 2.31 bits per heavy atom. The summed E-state index contributed by atoms with van der Waals surface area (Å²) in [5.41, 5.74) is 4.22. The van der Waals surface area contributed by atoms with Gasteiger partial charge in [0.1, 0.15) is 18.9 Å². The van der Waals surface area contributed by atoms with E-state index in [-0.39, 0.29) is 12.5 Å². The summed E-state index contributed by atoms with van der Waals surface area (Å²) in [5, 5.41) is 7.54. The van der Waals surface area contributed by atoms with Gasteiger partial charge in [0.2, 0.25) is 5.91 Å². The van der Waals surface area contributed by atoms with Gasteiger partial charge in [-0.2, -0.15) is 5.10 Å². The zero-order chi connectivity index (χ0) is 18.1. The van der Waals surface area contributed by atoms with Crippen LogP contribution in [-0.4, -0.2) is 46.3 Å². The molecule has 138 valence electrons. The number of hydrogen-bond acceptors (Lipinski definition) is 4. The number of benzene rings is 1. The molecule has 0 radical (unpaired) electrons. The highest BCUT2D eigenvalue weighted by atomic mass is 16.5. The van der Waals surface area contributed by atoms with Crippen LogP contribution in [0.2, 0.25) is 0 Å². The Morgan fingerprint density at radius 3 is 3.15 bits per heavy atom. The molecule has 0 spiro atoms. The molecule has 1 amide bonds. The minimum atomic E-state index is 0.0135. The van der Waals surface area contributed by atoms with Crippen molar-refractivity contribution in [1.29, 1.82) is 0 Å². The predicted octanol–water partition coefficient (Wildman–Crippen LogP) is 2.35. The monoisotopic (exact) mass is 354 g/mol. The smallest absolute Gasteiger partial charge is 0.241 e. The minimum absolute atomic E-state index is 0.0135. The molecule has 6 heteroatoms. The molecule has 26 heavy (non-hydrogen) atoms. The van der Waals surface area contributed by atoms with E-state index in [9.17, 15) is 4.79 Å². The zero-order valence-corrected chi connectivity index (χ0v) is 15.5. The van der Waals surface area contributed by atoms with Gasteiger partial charge in [-0.05, 0) is 45.0 Å². The zero-order valence-electron chi connectivity index (χ0n) is 15.5. The second-order valence-electron chi connectivity index (χ2n) is 7.19. The van der Waals surface area contributed by atoms with Gasteiger partial charge in [-0.1, -0.05) is 18.6 Å². The van der Waals surface area contributed by atoms with E-state index in [1.807, 2.05) is 18.3 Å². The van der Waals surface area contributed by atoms with Crippen LogP contribution in [0.25, 0.3) is 11.3 Å². The Labute approximate surface area is 154 Å². The summed E-state index contributed by atoms with van der Waals surface area (Å²) in [4.78, 5) is 14.9. The van der Waals surface area contributed by atoms with Crippen molar-refractivity contribution in [2.75, 3.05) is 19.6 Å². The summed E-state index contributed by atoms with van der Waals surface area (Å²) in [7, 11) is 0. The molecule has 6 nitrogen and oxygen atoms in total. The number of hydrogen-bond donors (Lipinski definition) is 1. The standard InChI is InChI=1S/C20H26N4O2/c1-3-23-8-4-5-16(23)11-21-19(25)12-24-20-15(10-22-24)13-26-18-7-6-14(2)9-17(18)20/h6-7,9-10,16H,3-5,8,11-13H2,1-2H3,(H,21,25). The van der Waals surface area contributed by atoms with E-state index in [0.717, 1.165) is 48.6 Å². The molecule has 4 rings (SSSR count). The summed E-state index contributed by atoms with van der Waals surface area (Å²) in [6.45, 7) is 7.88. The van der Waals surface area contributed by atoms with Gasteiger partial charge in [-0.25, -0.2) is 0 Å². The lowest BCUT2D eigenvalue weighted by Crippen LogP contribution is -2.41. The highest BCUT2D eigenvalue weighted by Gasteiger charge is 2.25. The largest absolute Gasteiger partial charge is 0.488 e. The molecule has 0 saturated carbocycles. The molecule has 1 fully saturated rings. The number of carbonyl (C=O) groups excluding carboxylic acids is 1. The molecule has 1 aromatic carbocycles. The second-order valence-corrected chi connectivity index (χ2v) is 7.19. The Hall–Kier alpha value is -2.34. The third-order valence-corrected chi connectivity index (χ3v) is 5.42. The van der Waals surface area contributed by atoms with Gasteiger partial charge in [-0.15, -0.1) is 0 Å². The van der Waals surface area contributed by atoms with Crippen LogP contribution in [0.1, 0.15) is 30.9 Å². The topological polar surface area (TPSA) is 59.4 Å². The third kappa shape index (κ3) is 3.21. The van der Waals surface area contributed by atoms with Crippen molar-refractivity contribution < 1.29 is 9.53 Å². The van der Waals surface area contributed by atoms with Crippen molar-refractivity contribution in [3.63, 3.8) is 0 Å². The molecular weight excluding hydrogens is 328 g/mol. The Morgan fingerprint density at radius 1 is 1.42 bits per heavy atom. The number of aryl methyl sites for hydroxylation is 1. The first-order valence-electron chi connectivity index (χ1n) is 9.45. The lowest BCUT2D eigenvalue weighted by Gasteiger charge is -2.23. The van der Waals surface area contributed by atoms with Crippen LogP contribution < -0.4 is 10.1 Å². The average Bonchev–Trinajstić information content (AvgIpc) is 3.26. The summed E-state index contributed by atoms with van der Waals surface area (Å²) in [6, 6.07) is 6.59. The van der Waals surface area contributed by atoms with Crippen molar-refractivity contribution in [1.82, 2.24) is 20.0 Å². The van der Waals surface area contributed by atoms with Crippen LogP contribution >= 0.6 is 0 Å². The number of aromatic nitrogens is 2. The van der Waals surface area contributed by atoms with Crippen LogP contribution in [0.3, 0.4) is 0 Å². The number of ether oxygens (including phenoxy) is 1. The highest BCUT2D eigenvalue weighted by Crippen LogP contribution is 2.37. The highest BCUT2D eigenvalue weighted by molar-refractivity contribution is 5.78. The minimum Gasteiger partial charge on any atom is -0.488 e. The fraction of sp³-hybridized carbons (Fsp3) is 0.500. The molecule has 1 N–H and O–H groups in total. The molecule has 2 aliphatic heterocycles. The van der Waals surface area contributed by atoms with E-state index in [1.165, 1.54) is 12.0 Å². The lowest BCUT2D eigenvalue weighted by molar-refractivity contribution is -0.122. The van der Waals surface area contributed by atoms with Gasteiger partial charge in [0, 0.05) is 23.7 Å². The number of fused-ring (bicyclic) bond motifs is 3. The second kappa shape index (κ2) is 7.11.